The molecule has 5 heteroatoms. The van der Waals surface area contributed by atoms with Gasteiger partial charge in [0.2, 0.25) is 5.91 Å². The summed E-state index contributed by atoms with van der Waals surface area (Å²) in [5.74, 6) is -0.0347. The van der Waals surface area contributed by atoms with Crippen LogP contribution in [0.4, 0.5) is 0 Å². The number of amides is 1. The third-order valence-corrected chi connectivity index (χ3v) is 4.30. The van der Waals surface area contributed by atoms with Gasteiger partial charge in [-0.25, -0.2) is 0 Å². The van der Waals surface area contributed by atoms with E-state index in [9.17, 15) is 9.90 Å². The fourth-order valence-corrected chi connectivity index (χ4v) is 3.13. The smallest absolute Gasteiger partial charge is 0.246 e. The third-order valence-electron chi connectivity index (χ3n) is 4.30. The predicted molar refractivity (Wildman–Crippen MR) is 80.5 cm³/mol. The number of β-amino-alcohol motifs (C(OH)–C–C–N with tert-alkyl or cyclic N) is 1. The van der Waals surface area contributed by atoms with Crippen LogP contribution in [0.5, 0.6) is 0 Å². The van der Waals surface area contributed by atoms with Gasteiger partial charge in [-0.3, -0.25) is 14.7 Å². The Labute approximate surface area is 124 Å². The fourth-order valence-electron chi connectivity index (χ4n) is 3.13. The van der Waals surface area contributed by atoms with Crippen molar-refractivity contribution in [1.29, 1.82) is 0 Å². The SMILES string of the molecule is O=C(/C=C/c1ccncc1)N1C[C@@H](O)[C@H](N2CCCC2)C1. The molecule has 3 heterocycles. The van der Waals surface area contributed by atoms with Gasteiger partial charge in [-0.1, -0.05) is 0 Å². The van der Waals surface area contributed by atoms with Gasteiger partial charge in [-0.2, -0.15) is 0 Å². The van der Waals surface area contributed by atoms with Gasteiger partial charge in [0.05, 0.1) is 12.1 Å². The number of rotatable bonds is 3. The lowest BCUT2D eigenvalue weighted by Crippen LogP contribution is -2.41. The quantitative estimate of drug-likeness (QED) is 0.834. The van der Waals surface area contributed by atoms with Crippen molar-refractivity contribution in [3.8, 4) is 0 Å². The van der Waals surface area contributed by atoms with Crippen molar-refractivity contribution < 1.29 is 9.90 Å². The van der Waals surface area contributed by atoms with Crippen molar-refractivity contribution in [1.82, 2.24) is 14.8 Å². The Morgan fingerprint density at radius 3 is 2.67 bits per heavy atom. The predicted octanol–water partition coefficient (Wildman–Crippen LogP) is 0.762. The number of hydrogen-bond acceptors (Lipinski definition) is 4. The van der Waals surface area contributed by atoms with Gasteiger partial charge in [0.1, 0.15) is 0 Å². The average Bonchev–Trinajstić information content (AvgIpc) is 3.15. The zero-order valence-electron chi connectivity index (χ0n) is 12.1. The summed E-state index contributed by atoms with van der Waals surface area (Å²) in [7, 11) is 0. The molecule has 21 heavy (non-hydrogen) atoms. The Kier molecular flexibility index (Phi) is 4.31. The summed E-state index contributed by atoms with van der Waals surface area (Å²) >= 11 is 0. The molecule has 2 aliphatic heterocycles. The molecule has 0 saturated carbocycles. The fraction of sp³-hybridized carbons (Fsp3) is 0.500. The Bertz CT molecular complexity index is 512. The number of carbonyl (C=O) groups excluding carboxylic acids is 1. The zero-order valence-corrected chi connectivity index (χ0v) is 12.1. The van der Waals surface area contributed by atoms with Gasteiger partial charge < -0.3 is 10.0 Å². The largest absolute Gasteiger partial charge is 0.390 e. The standard InChI is InChI=1S/C16H21N3O2/c20-15-12-19(11-14(15)18-9-1-2-10-18)16(21)4-3-13-5-7-17-8-6-13/h3-8,14-15,20H,1-2,9-12H2/b4-3+/t14-,15-/m1/s1. The highest BCUT2D eigenvalue weighted by molar-refractivity contribution is 5.92. The molecule has 0 radical (unpaired) electrons. The summed E-state index contributed by atoms with van der Waals surface area (Å²) in [4.78, 5) is 20.2. The van der Waals surface area contributed by atoms with Crippen molar-refractivity contribution in [3.05, 3.63) is 36.2 Å². The monoisotopic (exact) mass is 287 g/mol. The van der Waals surface area contributed by atoms with E-state index in [0.29, 0.717) is 13.1 Å². The lowest BCUT2D eigenvalue weighted by molar-refractivity contribution is -0.125. The summed E-state index contributed by atoms with van der Waals surface area (Å²) in [5.41, 5.74) is 0.953. The Hall–Kier alpha value is -1.72. The minimum atomic E-state index is -0.429. The number of carbonyl (C=O) groups is 1. The second kappa shape index (κ2) is 6.37. The molecule has 2 aliphatic rings. The number of aromatic nitrogens is 1. The second-order valence-electron chi connectivity index (χ2n) is 5.73. The van der Waals surface area contributed by atoms with E-state index >= 15 is 0 Å². The van der Waals surface area contributed by atoms with E-state index in [0.717, 1.165) is 18.7 Å². The first-order valence-electron chi connectivity index (χ1n) is 7.53. The van der Waals surface area contributed by atoms with Gasteiger partial charge >= 0.3 is 0 Å². The van der Waals surface area contributed by atoms with Crippen molar-refractivity contribution in [2.24, 2.45) is 0 Å². The highest BCUT2D eigenvalue weighted by Crippen LogP contribution is 2.21. The molecule has 0 aliphatic carbocycles. The van der Waals surface area contributed by atoms with E-state index in [1.54, 1.807) is 29.4 Å². The van der Waals surface area contributed by atoms with Crippen molar-refractivity contribution in [2.75, 3.05) is 26.2 Å². The van der Waals surface area contributed by atoms with Crippen molar-refractivity contribution >= 4 is 12.0 Å². The summed E-state index contributed by atoms with van der Waals surface area (Å²) in [6, 6.07) is 3.82. The van der Waals surface area contributed by atoms with Crippen LogP contribution in [-0.4, -0.2) is 64.1 Å². The van der Waals surface area contributed by atoms with Crippen LogP contribution in [0.1, 0.15) is 18.4 Å². The maximum Gasteiger partial charge on any atom is 0.246 e. The molecule has 0 bridgehead atoms. The lowest BCUT2D eigenvalue weighted by atomic mass is 10.2. The number of hydrogen-bond donors (Lipinski definition) is 1. The first-order chi connectivity index (χ1) is 10.2. The van der Waals surface area contributed by atoms with Gasteiger partial charge in [0.25, 0.3) is 0 Å². The van der Waals surface area contributed by atoms with Crippen LogP contribution in [0.3, 0.4) is 0 Å². The molecule has 112 valence electrons. The lowest BCUT2D eigenvalue weighted by Gasteiger charge is -2.25. The molecule has 2 saturated heterocycles. The van der Waals surface area contributed by atoms with Crippen LogP contribution in [0.2, 0.25) is 0 Å². The van der Waals surface area contributed by atoms with Crippen molar-refractivity contribution in [2.45, 2.75) is 25.0 Å². The van der Waals surface area contributed by atoms with Crippen LogP contribution in [0, 0.1) is 0 Å². The van der Waals surface area contributed by atoms with Gasteiger partial charge in [0, 0.05) is 31.6 Å². The molecule has 1 aromatic heterocycles. The maximum atomic E-state index is 12.2. The third kappa shape index (κ3) is 3.31. The molecule has 0 unspecified atom stereocenters. The summed E-state index contributed by atoms with van der Waals surface area (Å²) in [5, 5.41) is 10.2. The van der Waals surface area contributed by atoms with E-state index in [1.165, 1.54) is 12.8 Å². The number of nitrogens with zero attached hydrogens (tertiary/aromatic N) is 3. The van der Waals surface area contributed by atoms with Gasteiger partial charge in [0.15, 0.2) is 0 Å². The normalized spacial score (nSPS) is 26.8. The molecule has 2 fully saturated rings. The van der Waals surface area contributed by atoms with Crippen molar-refractivity contribution in [3.63, 3.8) is 0 Å². The number of likely N-dealkylation sites (tertiary alicyclic amines) is 2. The van der Waals surface area contributed by atoms with E-state index in [2.05, 4.69) is 9.88 Å². The number of aliphatic hydroxyl groups is 1. The minimum Gasteiger partial charge on any atom is -0.390 e. The average molecular weight is 287 g/mol. The Morgan fingerprint density at radius 2 is 1.95 bits per heavy atom. The summed E-state index contributed by atoms with van der Waals surface area (Å²) in [6.07, 6.45) is 8.73. The second-order valence-corrected chi connectivity index (χ2v) is 5.73. The van der Waals surface area contributed by atoms with Crippen LogP contribution >= 0.6 is 0 Å². The summed E-state index contributed by atoms with van der Waals surface area (Å²) in [6.45, 7) is 3.13. The molecule has 5 nitrogen and oxygen atoms in total. The highest BCUT2D eigenvalue weighted by atomic mass is 16.3. The molecule has 0 aromatic carbocycles. The molecule has 1 N–H and O–H groups in total. The molecular formula is C16H21N3O2. The van der Waals surface area contributed by atoms with Gasteiger partial charge in [-0.15, -0.1) is 0 Å². The zero-order chi connectivity index (χ0) is 14.7. The molecular weight excluding hydrogens is 266 g/mol. The van der Waals surface area contributed by atoms with E-state index in [1.807, 2.05) is 12.1 Å². The molecule has 1 aromatic rings. The van der Waals surface area contributed by atoms with Crippen LogP contribution < -0.4 is 0 Å². The number of aliphatic hydroxyl groups excluding tert-OH is 1. The Balaban J connectivity index is 1.60. The molecule has 2 atom stereocenters. The molecule has 1 amide bonds. The van der Waals surface area contributed by atoms with E-state index in [-0.39, 0.29) is 11.9 Å². The topological polar surface area (TPSA) is 56.7 Å². The minimum absolute atomic E-state index is 0.0347. The highest BCUT2D eigenvalue weighted by Gasteiger charge is 2.37. The molecule has 0 spiro atoms. The Morgan fingerprint density at radius 1 is 1.24 bits per heavy atom. The summed E-state index contributed by atoms with van der Waals surface area (Å²) < 4.78 is 0. The van der Waals surface area contributed by atoms with E-state index < -0.39 is 6.10 Å². The molecule has 3 rings (SSSR count). The first-order valence-corrected chi connectivity index (χ1v) is 7.53. The van der Waals surface area contributed by atoms with Crippen LogP contribution in [0.25, 0.3) is 6.08 Å². The van der Waals surface area contributed by atoms with Crippen LogP contribution in [0.15, 0.2) is 30.6 Å². The number of pyridine rings is 1. The van der Waals surface area contributed by atoms with E-state index in [4.69, 9.17) is 0 Å². The van der Waals surface area contributed by atoms with Gasteiger partial charge in [-0.05, 0) is 49.7 Å². The van der Waals surface area contributed by atoms with Crippen LogP contribution in [-0.2, 0) is 4.79 Å². The first kappa shape index (κ1) is 14.2. The maximum absolute atomic E-state index is 12.2.